The normalized spacial score (nSPS) is 14.3. The van der Waals surface area contributed by atoms with E-state index < -0.39 is 6.03 Å². The molecular formula is C16H21N7O2. The van der Waals surface area contributed by atoms with E-state index in [1.807, 2.05) is 12.1 Å². The fourth-order valence-corrected chi connectivity index (χ4v) is 2.69. The van der Waals surface area contributed by atoms with Crippen molar-refractivity contribution >= 4 is 23.4 Å². The van der Waals surface area contributed by atoms with E-state index >= 15 is 0 Å². The molecule has 1 aromatic carbocycles. The number of rotatable bonds is 4. The number of nitrogens with two attached hydrogens (primary N) is 2. The van der Waals surface area contributed by atoms with Crippen molar-refractivity contribution in [1.29, 1.82) is 0 Å². The van der Waals surface area contributed by atoms with Crippen LogP contribution in [0, 0.1) is 0 Å². The first-order valence-corrected chi connectivity index (χ1v) is 7.89. The molecule has 0 saturated carbocycles. The summed E-state index contributed by atoms with van der Waals surface area (Å²) in [5, 5.41) is 0.919. The quantitative estimate of drug-likeness (QED) is 0.474. The summed E-state index contributed by atoms with van der Waals surface area (Å²) < 4.78 is 5.08. The van der Waals surface area contributed by atoms with Crippen molar-refractivity contribution in [3.8, 4) is 5.75 Å². The van der Waals surface area contributed by atoms with Crippen LogP contribution in [0.5, 0.6) is 5.75 Å². The second kappa shape index (κ2) is 7.22. The SMILES string of the molecule is COc1cnc(N2CCN(c3ccc(N(N)C(N)=O)cc3)CC2)nc1. The third kappa shape index (κ3) is 3.72. The number of nitrogens with zero attached hydrogens (tertiary/aromatic N) is 5. The van der Waals surface area contributed by atoms with Crippen LogP contribution in [0.15, 0.2) is 36.7 Å². The van der Waals surface area contributed by atoms with Crippen LogP contribution in [-0.4, -0.2) is 49.3 Å². The zero-order valence-corrected chi connectivity index (χ0v) is 14.0. The Balaban J connectivity index is 1.60. The van der Waals surface area contributed by atoms with Gasteiger partial charge in [0.15, 0.2) is 5.75 Å². The fourth-order valence-electron chi connectivity index (χ4n) is 2.69. The number of benzene rings is 1. The van der Waals surface area contributed by atoms with Crippen molar-refractivity contribution in [2.75, 3.05) is 48.1 Å². The Hall–Kier alpha value is -3.07. The molecule has 1 aliphatic rings. The summed E-state index contributed by atoms with van der Waals surface area (Å²) >= 11 is 0. The largest absolute Gasteiger partial charge is 0.494 e. The molecule has 1 aromatic heterocycles. The van der Waals surface area contributed by atoms with Crippen LogP contribution in [0.25, 0.3) is 0 Å². The summed E-state index contributed by atoms with van der Waals surface area (Å²) in [5.41, 5.74) is 6.79. The Labute approximate surface area is 145 Å². The number of aromatic nitrogens is 2. The van der Waals surface area contributed by atoms with Crippen molar-refractivity contribution in [1.82, 2.24) is 9.97 Å². The Morgan fingerprint density at radius 1 is 1.08 bits per heavy atom. The summed E-state index contributed by atoms with van der Waals surface area (Å²) in [4.78, 5) is 24.1. The van der Waals surface area contributed by atoms with E-state index in [4.69, 9.17) is 16.3 Å². The minimum Gasteiger partial charge on any atom is -0.494 e. The van der Waals surface area contributed by atoms with Gasteiger partial charge in [0.25, 0.3) is 0 Å². The fraction of sp³-hybridized carbons (Fsp3) is 0.312. The van der Waals surface area contributed by atoms with E-state index in [0.29, 0.717) is 17.4 Å². The lowest BCUT2D eigenvalue weighted by Gasteiger charge is -2.36. The van der Waals surface area contributed by atoms with Crippen LogP contribution in [0.4, 0.5) is 22.1 Å². The molecule has 0 aliphatic carbocycles. The van der Waals surface area contributed by atoms with Crippen molar-refractivity contribution < 1.29 is 9.53 Å². The van der Waals surface area contributed by atoms with Gasteiger partial charge in [0.2, 0.25) is 5.95 Å². The summed E-state index contributed by atoms with van der Waals surface area (Å²) in [5.74, 6) is 6.94. The minimum atomic E-state index is -0.694. The molecule has 0 radical (unpaired) electrons. The Bertz CT molecular complexity index is 712. The summed E-state index contributed by atoms with van der Waals surface area (Å²) in [6.07, 6.45) is 3.34. The van der Waals surface area contributed by atoms with Crippen LogP contribution in [0.2, 0.25) is 0 Å². The van der Waals surface area contributed by atoms with Crippen LogP contribution in [0.3, 0.4) is 0 Å². The second-order valence-electron chi connectivity index (χ2n) is 5.62. The number of hydrogen-bond acceptors (Lipinski definition) is 7. The van der Waals surface area contributed by atoms with E-state index in [0.717, 1.165) is 36.9 Å². The van der Waals surface area contributed by atoms with Gasteiger partial charge in [-0.2, -0.15) is 0 Å². The van der Waals surface area contributed by atoms with E-state index in [-0.39, 0.29) is 0 Å². The zero-order valence-electron chi connectivity index (χ0n) is 14.0. The lowest BCUT2D eigenvalue weighted by atomic mass is 10.2. The number of carbonyl (C=O) groups excluding carboxylic acids is 1. The van der Waals surface area contributed by atoms with E-state index in [2.05, 4.69) is 19.8 Å². The third-order valence-corrected chi connectivity index (χ3v) is 4.14. The molecular weight excluding hydrogens is 322 g/mol. The van der Waals surface area contributed by atoms with Gasteiger partial charge in [-0.25, -0.2) is 25.6 Å². The lowest BCUT2D eigenvalue weighted by molar-refractivity contribution is 0.254. The maximum Gasteiger partial charge on any atom is 0.333 e. The van der Waals surface area contributed by atoms with Crippen LogP contribution >= 0.6 is 0 Å². The first-order chi connectivity index (χ1) is 12.1. The van der Waals surface area contributed by atoms with Gasteiger partial charge in [0, 0.05) is 31.9 Å². The lowest BCUT2D eigenvalue weighted by Crippen LogP contribution is -2.47. The van der Waals surface area contributed by atoms with Gasteiger partial charge in [-0.15, -0.1) is 0 Å². The Kier molecular flexibility index (Phi) is 4.85. The molecule has 1 saturated heterocycles. The molecule has 2 aromatic rings. The number of hydrogen-bond donors (Lipinski definition) is 2. The standard InChI is InChI=1S/C16H21N7O2/c1-25-14-10-19-16(20-11-14)22-8-6-21(7-9-22)12-2-4-13(5-3-12)23(18)15(17)24/h2-5,10-11H,6-9,18H2,1H3,(H2,17,24). The predicted molar refractivity (Wildman–Crippen MR) is 95.7 cm³/mol. The molecule has 132 valence electrons. The number of hydrazine groups is 1. The van der Waals surface area contributed by atoms with Crippen LogP contribution in [-0.2, 0) is 0 Å². The van der Waals surface area contributed by atoms with Crippen LogP contribution in [0.1, 0.15) is 0 Å². The highest BCUT2D eigenvalue weighted by atomic mass is 16.5. The number of ether oxygens (including phenoxy) is 1. The first kappa shape index (κ1) is 16.8. The molecule has 9 heteroatoms. The second-order valence-corrected chi connectivity index (χ2v) is 5.62. The molecule has 25 heavy (non-hydrogen) atoms. The van der Waals surface area contributed by atoms with E-state index in [1.165, 1.54) is 0 Å². The van der Waals surface area contributed by atoms with Crippen LogP contribution < -0.4 is 31.1 Å². The van der Waals surface area contributed by atoms with Crippen molar-refractivity contribution in [2.45, 2.75) is 0 Å². The minimum absolute atomic E-state index is 0.557. The van der Waals surface area contributed by atoms with Gasteiger partial charge < -0.3 is 20.3 Å². The molecule has 2 heterocycles. The highest BCUT2D eigenvalue weighted by molar-refractivity contribution is 5.89. The Morgan fingerprint density at radius 3 is 2.16 bits per heavy atom. The number of primary amides is 1. The summed E-state index contributed by atoms with van der Waals surface area (Å²) in [6, 6.07) is 6.72. The number of urea groups is 1. The number of methoxy groups -OCH3 is 1. The van der Waals surface area contributed by atoms with E-state index in [9.17, 15) is 4.79 Å². The van der Waals surface area contributed by atoms with Gasteiger partial charge in [0.05, 0.1) is 25.2 Å². The average Bonchev–Trinajstić information content (AvgIpc) is 2.67. The average molecular weight is 343 g/mol. The Morgan fingerprint density at radius 2 is 1.64 bits per heavy atom. The molecule has 0 bridgehead atoms. The molecule has 0 spiro atoms. The number of carbonyl (C=O) groups is 1. The maximum absolute atomic E-state index is 11.1. The van der Waals surface area contributed by atoms with E-state index in [1.54, 1.807) is 31.6 Å². The molecule has 2 amide bonds. The molecule has 0 unspecified atom stereocenters. The smallest absolute Gasteiger partial charge is 0.333 e. The molecule has 1 fully saturated rings. The number of piperazine rings is 1. The van der Waals surface area contributed by atoms with Crippen molar-refractivity contribution in [3.63, 3.8) is 0 Å². The summed E-state index contributed by atoms with van der Waals surface area (Å²) in [7, 11) is 1.59. The monoisotopic (exact) mass is 343 g/mol. The number of amides is 2. The molecule has 1 aliphatic heterocycles. The molecule has 9 nitrogen and oxygen atoms in total. The van der Waals surface area contributed by atoms with Gasteiger partial charge in [-0.3, -0.25) is 0 Å². The summed E-state index contributed by atoms with van der Waals surface area (Å²) in [6.45, 7) is 3.32. The molecule has 3 rings (SSSR count). The highest BCUT2D eigenvalue weighted by Gasteiger charge is 2.19. The maximum atomic E-state index is 11.1. The molecule has 4 N–H and O–H groups in total. The van der Waals surface area contributed by atoms with Gasteiger partial charge in [0.1, 0.15) is 0 Å². The topological polar surface area (TPSA) is 114 Å². The molecule has 0 atom stereocenters. The third-order valence-electron chi connectivity index (χ3n) is 4.14. The van der Waals surface area contributed by atoms with Crippen molar-refractivity contribution in [3.05, 3.63) is 36.7 Å². The van der Waals surface area contributed by atoms with Gasteiger partial charge in [-0.1, -0.05) is 0 Å². The predicted octanol–water partition coefficient (Wildman–Crippen LogP) is 0.571. The zero-order chi connectivity index (χ0) is 17.8. The van der Waals surface area contributed by atoms with Gasteiger partial charge >= 0.3 is 6.03 Å². The van der Waals surface area contributed by atoms with Crippen molar-refractivity contribution in [2.24, 2.45) is 11.6 Å². The first-order valence-electron chi connectivity index (χ1n) is 7.89. The van der Waals surface area contributed by atoms with Gasteiger partial charge in [-0.05, 0) is 24.3 Å². The highest BCUT2D eigenvalue weighted by Crippen LogP contribution is 2.22. The number of anilines is 3.